The van der Waals surface area contributed by atoms with Gasteiger partial charge in [-0.2, -0.15) is 0 Å². The van der Waals surface area contributed by atoms with E-state index in [0.717, 1.165) is 11.0 Å². The van der Waals surface area contributed by atoms with Gasteiger partial charge < -0.3 is 19.8 Å². The molecule has 1 atom stereocenters. The summed E-state index contributed by atoms with van der Waals surface area (Å²) in [7, 11) is 1.28. The third-order valence-corrected chi connectivity index (χ3v) is 3.77. The molecule has 1 unspecified atom stereocenters. The number of carbonyl (C=O) groups excluding carboxylic acids is 2. The lowest BCUT2D eigenvalue weighted by molar-refractivity contribution is 0.187. The predicted molar refractivity (Wildman–Crippen MR) is 99.3 cm³/mol. The first-order chi connectivity index (χ1) is 12.5. The number of hydrogen-bond acceptors (Lipinski definition) is 4. The van der Waals surface area contributed by atoms with Crippen LogP contribution in [0.1, 0.15) is 18.7 Å². The molecule has 1 heterocycles. The summed E-state index contributed by atoms with van der Waals surface area (Å²) in [6.07, 6.45) is -0.579. The number of anilines is 2. The first-order valence-electron chi connectivity index (χ1n) is 8.06. The molecule has 134 valence electrons. The summed E-state index contributed by atoms with van der Waals surface area (Å²) in [5.41, 5.74) is 1.83. The lowest BCUT2D eigenvalue weighted by Crippen LogP contribution is -2.31. The van der Waals surface area contributed by atoms with Crippen molar-refractivity contribution in [2.24, 2.45) is 0 Å². The second-order valence-electron chi connectivity index (χ2n) is 5.70. The van der Waals surface area contributed by atoms with E-state index in [0.29, 0.717) is 17.1 Å². The maximum absolute atomic E-state index is 12.2. The Kier molecular flexibility index (Phi) is 5.07. The number of amides is 3. The number of urea groups is 1. The number of para-hydroxylation sites is 1. The second-order valence-corrected chi connectivity index (χ2v) is 5.70. The average molecular weight is 353 g/mol. The second kappa shape index (κ2) is 7.60. The summed E-state index contributed by atoms with van der Waals surface area (Å²) < 4.78 is 10.3. The van der Waals surface area contributed by atoms with E-state index < -0.39 is 6.09 Å². The number of nitrogens with one attached hydrogen (secondary N) is 3. The zero-order valence-corrected chi connectivity index (χ0v) is 14.4. The van der Waals surface area contributed by atoms with Crippen molar-refractivity contribution in [2.45, 2.75) is 13.0 Å². The molecule has 26 heavy (non-hydrogen) atoms. The molecule has 1 aromatic heterocycles. The minimum absolute atomic E-state index is 0.307. The Morgan fingerprint density at radius 1 is 1.00 bits per heavy atom. The zero-order chi connectivity index (χ0) is 18.5. The van der Waals surface area contributed by atoms with E-state index >= 15 is 0 Å². The summed E-state index contributed by atoms with van der Waals surface area (Å²) in [6.45, 7) is 1.84. The van der Waals surface area contributed by atoms with E-state index in [1.165, 1.54) is 7.11 Å². The van der Waals surface area contributed by atoms with Gasteiger partial charge in [-0.25, -0.2) is 9.59 Å². The van der Waals surface area contributed by atoms with Crippen molar-refractivity contribution in [1.29, 1.82) is 0 Å². The summed E-state index contributed by atoms with van der Waals surface area (Å²) in [5.74, 6) is 0.669. The molecule has 3 amide bonds. The Bertz CT molecular complexity index is 902. The van der Waals surface area contributed by atoms with Crippen LogP contribution in [-0.2, 0) is 4.74 Å². The van der Waals surface area contributed by atoms with Crippen LogP contribution in [0.15, 0.2) is 59.0 Å². The minimum Gasteiger partial charge on any atom is -0.459 e. The van der Waals surface area contributed by atoms with Crippen LogP contribution in [0, 0.1) is 0 Å². The Labute approximate surface area is 150 Å². The van der Waals surface area contributed by atoms with Gasteiger partial charge >= 0.3 is 12.1 Å². The van der Waals surface area contributed by atoms with Gasteiger partial charge in [-0.15, -0.1) is 0 Å². The maximum atomic E-state index is 12.2. The molecule has 0 radical (unpaired) electrons. The molecular formula is C19H19N3O4. The van der Waals surface area contributed by atoms with Gasteiger partial charge in [-0.05, 0) is 37.3 Å². The van der Waals surface area contributed by atoms with Crippen molar-refractivity contribution in [3.05, 3.63) is 60.4 Å². The summed E-state index contributed by atoms with van der Waals surface area (Å²) in [5, 5.41) is 9.07. The van der Waals surface area contributed by atoms with Crippen LogP contribution in [-0.4, -0.2) is 19.2 Å². The molecule has 7 heteroatoms. The third-order valence-electron chi connectivity index (χ3n) is 3.77. The van der Waals surface area contributed by atoms with Crippen LogP contribution in [0.3, 0.4) is 0 Å². The Hall–Kier alpha value is -3.48. The smallest absolute Gasteiger partial charge is 0.411 e. The van der Waals surface area contributed by atoms with Crippen LogP contribution < -0.4 is 16.0 Å². The number of ether oxygens (including phenoxy) is 1. The van der Waals surface area contributed by atoms with E-state index in [1.807, 2.05) is 37.3 Å². The molecule has 0 aliphatic carbocycles. The molecule has 3 N–H and O–H groups in total. The van der Waals surface area contributed by atoms with Gasteiger partial charge in [0.1, 0.15) is 11.3 Å². The lowest BCUT2D eigenvalue weighted by atomic mass is 10.2. The van der Waals surface area contributed by atoms with Crippen LogP contribution in [0.2, 0.25) is 0 Å². The van der Waals surface area contributed by atoms with E-state index in [1.54, 1.807) is 24.3 Å². The topological polar surface area (TPSA) is 92.6 Å². The SMILES string of the molecule is COC(=O)Nc1cccc(NC(=O)NC(C)c2cc3ccccc3o2)c1. The average Bonchev–Trinajstić information content (AvgIpc) is 3.06. The number of carbonyl (C=O) groups is 2. The number of furan rings is 1. The van der Waals surface area contributed by atoms with Crippen molar-refractivity contribution in [3.8, 4) is 0 Å². The molecule has 0 saturated heterocycles. The predicted octanol–water partition coefficient (Wildman–Crippen LogP) is 4.49. The Balaban J connectivity index is 1.63. The van der Waals surface area contributed by atoms with Crippen LogP contribution >= 0.6 is 0 Å². The highest BCUT2D eigenvalue weighted by molar-refractivity contribution is 5.91. The number of rotatable bonds is 4. The molecular weight excluding hydrogens is 334 g/mol. The van der Waals surface area contributed by atoms with Crippen LogP contribution in [0.4, 0.5) is 21.0 Å². The molecule has 3 rings (SSSR count). The van der Waals surface area contributed by atoms with Crippen LogP contribution in [0.5, 0.6) is 0 Å². The fraction of sp³-hybridized carbons (Fsp3) is 0.158. The molecule has 3 aromatic rings. The minimum atomic E-state index is -0.579. The molecule has 0 fully saturated rings. The van der Waals surface area contributed by atoms with E-state index in [2.05, 4.69) is 20.7 Å². The fourth-order valence-electron chi connectivity index (χ4n) is 2.49. The summed E-state index contributed by atoms with van der Waals surface area (Å²) in [6, 6.07) is 15.6. The Morgan fingerprint density at radius 2 is 1.73 bits per heavy atom. The fourth-order valence-corrected chi connectivity index (χ4v) is 2.49. The summed E-state index contributed by atoms with van der Waals surface area (Å²) in [4.78, 5) is 23.5. The highest BCUT2D eigenvalue weighted by Crippen LogP contribution is 2.23. The van der Waals surface area contributed by atoms with Gasteiger partial charge in [0.2, 0.25) is 0 Å². The zero-order valence-electron chi connectivity index (χ0n) is 14.4. The third kappa shape index (κ3) is 4.13. The van der Waals surface area contributed by atoms with Gasteiger partial charge in [0, 0.05) is 16.8 Å². The molecule has 0 saturated carbocycles. The molecule has 0 aliphatic rings. The van der Waals surface area contributed by atoms with Crippen molar-refractivity contribution < 1.29 is 18.7 Å². The highest BCUT2D eigenvalue weighted by atomic mass is 16.5. The van der Waals surface area contributed by atoms with Gasteiger partial charge in [0.25, 0.3) is 0 Å². The molecule has 7 nitrogen and oxygen atoms in total. The van der Waals surface area contributed by atoms with E-state index in [9.17, 15) is 9.59 Å². The van der Waals surface area contributed by atoms with Crippen LogP contribution in [0.25, 0.3) is 11.0 Å². The van der Waals surface area contributed by atoms with Crippen molar-refractivity contribution in [2.75, 3.05) is 17.7 Å². The van der Waals surface area contributed by atoms with Gasteiger partial charge in [0.15, 0.2) is 0 Å². The molecule has 2 aromatic carbocycles. The van der Waals surface area contributed by atoms with Crippen molar-refractivity contribution >= 4 is 34.5 Å². The van der Waals surface area contributed by atoms with Gasteiger partial charge in [-0.1, -0.05) is 24.3 Å². The Morgan fingerprint density at radius 3 is 2.46 bits per heavy atom. The maximum Gasteiger partial charge on any atom is 0.411 e. The van der Waals surface area contributed by atoms with Gasteiger partial charge in [-0.3, -0.25) is 5.32 Å². The van der Waals surface area contributed by atoms with Crippen molar-refractivity contribution in [1.82, 2.24) is 5.32 Å². The first-order valence-corrected chi connectivity index (χ1v) is 8.06. The number of hydrogen-bond donors (Lipinski definition) is 3. The largest absolute Gasteiger partial charge is 0.459 e. The van der Waals surface area contributed by atoms with E-state index in [-0.39, 0.29) is 12.1 Å². The monoisotopic (exact) mass is 353 g/mol. The highest BCUT2D eigenvalue weighted by Gasteiger charge is 2.14. The molecule has 0 spiro atoms. The number of fused-ring (bicyclic) bond motifs is 1. The molecule has 0 bridgehead atoms. The number of methoxy groups -OCH3 is 1. The first kappa shape index (κ1) is 17.3. The standard InChI is InChI=1S/C19H19N3O4/c1-12(17-10-13-6-3-4-9-16(13)26-17)20-18(23)21-14-7-5-8-15(11-14)22-19(24)25-2/h3-12H,1-2H3,(H,22,24)(H2,20,21,23). The number of benzene rings is 2. The van der Waals surface area contributed by atoms with Gasteiger partial charge in [0.05, 0.1) is 13.2 Å². The molecule has 0 aliphatic heterocycles. The van der Waals surface area contributed by atoms with Crippen molar-refractivity contribution in [3.63, 3.8) is 0 Å². The quantitative estimate of drug-likeness (QED) is 0.644. The van der Waals surface area contributed by atoms with E-state index in [4.69, 9.17) is 4.42 Å². The summed E-state index contributed by atoms with van der Waals surface area (Å²) >= 11 is 0. The normalized spacial score (nSPS) is 11.6. The lowest BCUT2D eigenvalue weighted by Gasteiger charge is -2.13.